The van der Waals surface area contributed by atoms with Gasteiger partial charge < -0.3 is 0 Å². The van der Waals surface area contributed by atoms with Crippen molar-refractivity contribution in [3.8, 4) is 5.69 Å². The van der Waals surface area contributed by atoms with Crippen LogP contribution in [0.5, 0.6) is 0 Å². The van der Waals surface area contributed by atoms with Gasteiger partial charge in [0, 0.05) is 18.5 Å². The predicted octanol–water partition coefficient (Wildman–Crippen LogP) is 1.44. The van der Waals surface area contributed by atoms with Crippen molar-refractivity contribution in [3.05, 3.63) is 42.2 Å². The van der Waals surface area contributed by atoms with Crippen LogP contribution < -0.4 is 0 Å². The Morgan fingerprint density at radius 2 is 2.21 bits per heavy atom. The number of aromatic nitrogens is 3. The molecule has 0 N–H and O–H groups in total. The van der Waals surface area contributed by atoms with Crippen LogP contribution in [0.15, 0.2) is 30.7 Å². The first kappa shape index (κ1) is 13.6. The van der Waals surface area contributed by atoms with Crippen LogP contribution in [0.25, 0.3) is 5.69 Å². The lowest BCUT2D eigenvalue weighted by atomic mass is 10.2. The largest absolute Gasteiger partial charge is 0.265 e. The highest BCUT2D eigenvalue weighted by Gasteiger charge is 2.19. The second kappa shape index (κ2) is 5.06. The van der Waals surface area contributed by atoms with Gasteiger partial charge in [0.2, 0.25) is 0 Å². The summed E-state index contributed by atoms with van der Waals surface area (Å²) in [6, 6.07) is 2.88. The van der Waals surface area contributed by atoms with Crippen LogP contribution in [0.4, 0.5) is 4.39 Å². The normalized spacial score (nSPS) is 13.4. The van der Waals surface area contributed by atoms with Gasteiger partial charge >= 0.3 is 0 Å². The fraction of sp³-hybridized carbons (Fsp3) is 0.273. The molecule has 2 aromatic rings. The fourth-order valence-corrected chi connectivity index (χ4v) is 2.27. The van der Waals surface area contributed by atoms with E-state index in [0.717, 1.165) is 12.5 Å². The molecular formula is C11H12FN3O3S. The fourth-order valence-electron chi connectivity index (χ4n) is 1.65. The molecule has 1 atom stereocenters. The van der Waals surface area contributed by atoms with E-state index >= 15 is 0 Å². The zero-order valence-corrected chi connectivity index (χ0v) is 11.1. The van der Waals surface area contributed by atoms with E-state index in [-0.39, 0.29) is 5.69 Å². The van der Waals surface area contributed by atoms with Crippen molar-refractivity contribution in [1.82, 2.24) is 14.8 Å². The third-order valence-electron chi connectivity index (χ3n) is 2.32. The number of hydrogen-bond acceptors (Lipinski definition) is 5. The minimum Gasteiger partial charge on any atom is -0.261 e. The maximum Gasteiger partial charge on any atom is 0.265 e. The van der Waals surface area contributed by atoms with Gasteiger partial charge in [-0.1, -0.05) is 0 Å². The number of hydrogen-bond donors (Lipinski definition) is 0. The Kier molecular flexibility index (Phi) is 3.63. The Morgan fingerprint density at radius 1 is 1.47 bits per heavy atom. The lowest BCUT2D eigenvalue weighted by molar-refractivity contribution is 0.231. The molecule has 0 radical (unpaired) electrons. The number of nitrogens with zero attached hydrogens (tertiary/aromatic N) is 3. The summed E-state index contributed by atoms with van der Waals surface area (Å²) in [7, 11) is -3.63. The lowest BCUT2D eigenvalue weighted by Crippen LogP contribution is -2.12. The molecule has 0 saturated heterocycles. The van der Waals surface area contributed by atoms with Crippen LogP contribution in [0, 0.1) is 5.82 Å². The van der Waals surface area contributed by atoms with Crippen molar-refractivity contribution in [1.29, 1.82) is 0 Å². The maximum absolute atomic E-state index is 13.3. The van der Waals surface area contributed by atoms with E-state index in [0.29, 0.717) is 5.69 Å². The Balaban J connectivity index is 2.46. The van der Waals surface area contributed by atoms with Crippen molar-refractivity contribution >= 4 is 10.1 Å². The first-order chi connectivity index (χ1) is 8.87. The molecule has 0 aliphatic heterocycles. The molecule has 0 spiro atoms. The second-order valence-electron chi connectivity index (χ2n) is 3.95. The summed E-state index contributed by atoms with van der Waals surface area (Å²) < 4.78 is 41.8. The molecule has 0 fully saturated rings. The summed E-state index contributed by atoms with van der Waals surface area (Å²) in [5.41, 5.74) is 0.622. The molecule has 2 aromatic heterocycles. The Labute approximate surface area is 110 Å². The highest BCUT2D eigenvalue weighted by Crippen LogP contribution is 2.23. The van der Waals surface area contributed by atoms with Gasteiger partial charge in [-0.05, 0) is 13.0 Å². The van der Waals surface area contributed by atoms with Gasteiger partial charge in [-0.3, -0.25) is 9.17 Å². The van der Waals surface area contributed by atoms with Crippen molar-refractivity contribution in [2.24, 2.45) is 0 Å². The van der Waals surface area contributed by atoms with E-state index < -0.39 is 22.0 Å². The summed E-state index contributed by atoms with van der Waals surface area (Å²) in [5.74, 6) is -0.541. The smallest absolute Gasteiger partial charge is 0.261 e. The summed E-state index contributed by atoms with van der Waals surface area (Å²) >= 11 is 0. The average Bonchev–Trinajstić information content (AvgIpc) is 2.79. The summed E-state index contributed by atoms with van der Waals surface area (Å²) in [6.45, 7) is 1.52. The standard InChI is InChI=1S/C11H12FN3O3S/c1-8(18-19(2,16)17)11-10(6-9(12)7-13-11)15-5-3-4-14-15/h3-8H,1-2H3. The zero-order valence-electron chi connectivity index (χ0n) is 10.3. The summed E-state index contributed by atoms with van der Waals surface area (Å²) in [6.07, 6.45) is 4.24. The van der Waals surface area contributed by atoms with Crippen LogP contribution in [-0.2, 0) is 14.3 Å². The molecule has 0 bridgehead atoms. The molecule has 0 amide bonds. The van der Waals surface area contributed by atoms with Crippen LogP contribution in [0.1, 0.15) is 18.7 Å². The van der Waals surface area contributed by atoms with Gasteiger partial charge in [0.1, 0.15) is 11.9 Å². The van der Waals surface area contributed by atoms with E-state index in [2.05, 4.69) is 10.1 Å². The van der Waals surface area contributed by atoms with Gasteiger partial charge in [-0.2, -0.15) is 13.5 Å². The Morgan fingerprint density at radius 3 is 2.79 bits per heavy atom. The van der Waals surface area contributed by atoms with E-state index in [1.807, 2.05) is 0 Å². The number of rotatable bonds is 4. The molecule has 6 nitrogen and oxygen atoms in total. The molecule has 0 aromatic carbocycles. The summed E-state index contributed by atoms with van der Waals surface area (Å²) in [5, 5.41) is 3.97. The van der Waals surface area contributed by atoms with Crippen molar-refractivity contribution < 1.29 is 17.0 Å². The van der Waals surface area contributed by atoms with E-state index in [4.69, 9.17) is 4.18 Å². The van der Waals surface area contributed by atoms with Gasteiger partial charge in [0.25, 0.3) is 10.1 Å². The molecule has 2 rings (SSSR count). The van der Waals surface area contributed by atoms with Crippen LogP contribution in [0.2, 0.25) is 0 Å². The third kappa shape index (κ3) is 3.36. The predicted molar refractivity (Wildman–Crippen MR) is 65.7 cm³/mol. The van der Waals surface area contributed by atoms with Crippen molar-refractivity contribution in [2.75, 3.05) is 6.26 Å². The van der Waals surface area contributed by atoms with Crippen LogP contribution >= 0.6 is 0 Å². The molecule has 19 heavy (non-hydrogen) atoms. The van der Waals surface area contributed by atoms with Crippen LogP contribution in [0.3, 0.4) is 0 Å². The monoisotopic (exact) mass is 285 g/mol. The first-order valence-corrected chi connectivity index (χ1v) is 7.22. The highest BCUT2D eigenvalue weighted by atomic mass is 32.2. The van der Waals surface area contributed by atoms with E-state index in [9.17, 15) is 12.8 Å². The van der Waals surface area contributed by atoms with Gasteiger partial charge in [-0.25, -0.2) is 9.07 Å². The number of halogens is 1. The SMILES string of the molecule is CC(OS(C)(=O)=O)c1ncc(F)cc1-n1cccn1. The topological polar surface area (TPSA) is 74.1 Å². The second-order valence-corrected chi connectivity index (χ2v) is 5.55. The molecule has 0 saturated carbocycles. The third-order valence-corrected chi connectivity index (χ3v) is 2.96. The van der Waals surface area contributed by atoms with Crippen molar-refractivity contribution in [2.45, 2.75) is 13.0 Å². The molecule has 8 heteroatoms. The zero-order chi connectivity index (χ0) is 14.0. The van der Waals surface area contributed by atoms with Gasteiger partial charge in [-0.15, -0.1) is 0 Å². The highest BCUT2D eigenvalue weighted by molar-refractivity contribution is 7.86. The van der Waals surface area contributed by atoms with E-state index in [1.165, 1.54) is 23.9 Å². The van der Waals surface area contributed by atoms with Crippen LogP contribution in [-0.4, -0.2) is 29.4 Å². The Bertz CT molecular complexity index is 670. The quantitative estimate of drug-likeness (QED) is 0.795. The molecule has 102 valence electrons. The Hall–Kier alpha value is -1.80. The maximum atomic E-state index is 13.3. The van der Waals surface area contributed by atoms with Gasteiger partial charge in [0.05, 0.1) is 23.8 Å². The van der Waals surface area contributed by atoms with E-state index in [1.54, 1.807) is 12.3 Å². The van der Waals surface area contributed by atoms with Gasteiger partial charge in [0.15, 0.2) is 0 Å². The molecule has 2 heterocycles. The first-order valence-electron chi connectivity index (χ1n) is 5.40. The molecular weight excluding hydrogens is 273 g/mol. The summed E-state index contributed by atoms with van der Waals surface area (Å²) in [4.78, 5) is 3.89. The lowest BCUT2D eigenvalue weighted by Gasteiger charge is -2.14. The molecule has 0 aliphatic carbocycles. The molecule has 1 unspecified atom stereocenters. The average molecular weight is 285 g/mol. The minimum absolute atomic E-state index is 0.288. The minimum atomic E-state index is -3.63. The van der Waals surface area contributed by atoms with Crippen molar-refractivity contribution in [3.63, 3.8) is 0 Å². The number of pyridine rings is 1. The molecule has 0 aliphatic rings.